The Kier molecular flexibility index (Phi) is 4.09. The van der Waals surface area contributed by atoms with Crippen molar-refractivity contribution < 1.29 is 14.7 Å². The van der Waals surface area contributed by atoms with Gasteiger partial charge in [0.2, 0.25) is 0 Å². The third-order valence-electron chi connectivity index (χ3n) is 5.60. The lowest BCUT2D eigenvalue weighted by Crippen LogP contribution is -2.48. The molecule has 0 spiro atoms. The van der Waals surface area contributed by atoms with Gasteiger partial charge in [-0.05, 0) is 56.8 Å². The Balaban J connectivity index is 1.52. The van der Waals surface area contributed by atoms with Gasteiger partial charge in [-0.1, -0.05) is 6.42 Å². The molecule has 118 valence electrons. The van der Waals surface area contributed by atoms with Gasteiger partial charge in [-0.3, -0.25) is 4.79 Å². The molecule has 21 heavy (non-hydrogen) atoms. The highest BCUT2D eigenvalue weighted by Crippen LogP contribution is 2.49. The van der Waals surface area contributed by atoms with Gasteiger partial charge in [0.15, 0.2) is 0 Å². The van der Waals surface area contributed by atoms with E-state index in [1.807, 2.05) is 0 Å². The maximum atomic E-state index is 12.4. The molecular formula is C16H26N2O3. The molecule has 4 atom stereocenters. The van der Waals surface area contributed by atoms with Crippen LogP contribution in [0, 0.1) is 17.8 Å². The number of carboxylic acids is 1. The number of nitrogens with zero attached hydrogens (tertiary/aromatic N) is 1. The minimum Gasteiger partial charge on any atom is -0.481 e. The standard InChI is InChI=1S/C16H26N2O3/c1-10(14-9-11-2-3-12(14)8-11)17-16(21)18(13-4-5-13)7-6-15(19)20/h10-14H,2-9H2,1H3,(H,17,21)(H,19,20). The van der Waals surface area contributed by atoms with Crippen LogP contribution in [0.15, 0.2) is 0 Å². The largest absolute Gasteiger partial charge is 0.481 e. The molecule has 0 aliphatic heterocycles. The SMILES string of the molecule is CC(NC(=O)N(CCC(=O)O)C1CC1)C1CC2CCC1C2. The molecule has 5 nitrogen and oxygen atoms in total. The second-order valence-corrected chi connectivity index (χ2v) is 7.15. The Bertz CT molecular complexity index is 422. The average molecular weight is 294 g/mol. The van der Waals surface area contributed by atoms with Crippen LogP contribution in [0.25, 0.3) is 0 Å². The Labute approximate surface area is 126 Å². The lowest BCUT2D eigenvalue weighted by atomic mass is 9.84. The fourth-order valence-electron chi connectivity index (χ4n) is 4.34. The maximum Gasteiger partial charge on any atom is 0.317 e. The van der Waals surface area contributed by atoms with Gasteiger partial charge >= 0.3 is 12.0 Å². The van der Waals surface area contributed by atoms with Crippen molar-refractivity contribution in [1.29, 1.82) is 0 Å². The van der Waals surface area contributed by atoms with E-state index in [0.717, 1.165) is 24.7 Å². The van der Waals surface area contributed by atoms with Crippen molar-refractivity contribution in [2.45, 2.75) is 64.0 Å². The molecule has 4 unspecified atom stereocenters. The summed E-state index contributed by atoms with van der Waals surface area (Å²) in [6, 6.07) is 0.407. The predicted octanol–water partition coefficient (Wildman–Crippen LogP) is 2.46. The molecule has 3 rings (SSSR count). The lowest BCUT2D eigenvalue weighted by molar-refractivity contribution is -0.137. The molecule has 3 fully saturated rings. The summed E-state index contributed by atoms with van der Waals surface area (Å²) >= 11 is 0. The van der Waals surface area contributed by atoms with E-state index in [9.17, 15) is 9.59 Å². The normalized spacial score (nSPS) is 32.0. The van der Waals surface area contributed by atoms with Gasteiger partial charge in [0.1, 0.15) is 0 Å². The van der Waals surface area contributed by atoms with Crippen LogP contribution in [-0.4, -0.2) is 40.6 Å². The minimum absolute atomic E-state index is 0.0342. The first-order chi connectivity index (χ1) is 10.0. The van der Waals surface area contributed by atoms with Crippen molar-refractivity contribution in [3.63, 3.8) is 0 Å². The van der Waals surface area contributed by atoms with Crippen molar-refractivity contribution >= 4 is 12.0 Å². The van der Waals surface area contributed by atoms with Crippen LogP contribution in [0.3, 0.4) is 0 Å². The van der Waals surface area contributed by atoms with Crippen LogP contribution in [0.5, 0.6) is 0 Å². The minimum atomic E-state index is -0.838. The van der Waals surface area contributed by atoms with Crippen LogP contribution >= 0.6 is 0 Å². The average Bonchev–Trinajstić information content (AvgIpc) is 3.03. The molecule has 0 radical (unpaired) electrons. The molecule has 0 aromatic carbocycles. The third kappa shape index (κ3) is 3.33. The summed E-state index contributed by atoms with van der Waals surface area (Å²) in [6.07, 6.45) is 7.34. The number of aliphatic carboxylic acids is 1. The molecule has 3 aliphatic carbocycles. The fourth-order valence-corrected chi connectivity index (χ4v) is 4.34. The van der Waals surface area contributed by atoms with E-state index < -0.39 is 5.97 Å². The Morgan fingerprint density at radius 1 is 1.24 bits per heavy atom. The monoisotopic (exact) mass is 294 g/mol. The first kappa shape index (κ1) is 14.7. The number of carbonyl (C=O) groups is 2. The van der Waals surface area contributed by atoms with Crippen LogP contribution in [0.2, 0.25) is 0 Å². The van der Waals surface area contributed by atoms with Gasteiger partial charge in [-0.15, -0.1) is 0 Å². The second kappa shape index (κ2) is 5.85. The number of fused-ring (bicyclic) bond motifs is 2. The molecule has 5 heteroatoms. The molecule has 0 aromatic heterocycles. The van der Waals surface area contributed by atoms with E-state index in [-0.39, 0.29) is 24.5 Å². The van der Waals surface area contributed by atoms with Gasteiger partial charge in [0.25, 0.3) is 0 Å². The second-order valence-electron chi connectivity index (χ2n) is 7.15. The van der Waals surface area contributed by atoms with Crippen LogP contribution in [-0.2, 0) is 4.79 Å². The fraction of sp³-hybridized carbons (Fsp3) is 0.875. The number of carbonyl (C=O) groups excluding carboxylic acids is 1. The zero-order valence-electron chi connectivity index (χ0n) is 12.8. The predicted molar refractivity (Wildman–Crippen MR) is 78.9 cm³/mol. The first-order valence-electron chi connectivity index (χ1n) is 8.33. The molecule has 0 saturated heterocycles. The maximum absolute atomic E-state index is 12.4. The van der Waals surface area contributed by atoms with Crippen molar-refractivity contribution in [2.75, 3.05) is 6.54 Å². The number of amides is 2. The Morgan fingerprint density at radius 2 is 2.00 bits per heavy atom. The van der Waals surface area contributed by atoms with E-state index in [1.165, 1.54) is 25.7 Å². The molecule has 2 amide bonds. The lowest BCUT2D eigenvalue weighted by Gasteiger charge is -2.31. The van der Waals surface area contributed by atoms with Crippen molar-refractivity contribution in [3.8, 4) is 0 Å². The van der Waals surface area contributed by atoms with Crippen molar-refractivity contribution in [3.05, 3.63) is 0 Å². The number of hydrogen-bond donors (Lipinski definition) is 2. The van der Waals surface area contributed by atoms with Crippen molar-refractivity contribution in [2.24, 2.45) is 17.8 Å². The molecule has 0 aromatic rings. The van der Waals surface area contributed by atoms with Crippen molar-refractivity contribution in [1.82, 2.24) is 10.2 Å². The first-order valence-corrected chi connectivity index (χ1v) is 8.33. The summed E-state index contributed by atoms with van der Waals surface area (Å²) in [5.74, 6) is 1.45. The number of nitrogens with one attached hydrogen (secondary N) is 1. The smallest absolute Gasteiger partial charge is 0.317 e. The molecule has 3 saturated carbocycles. The molecule has 2 N–H and O–H groups in total. The van der Waals surface area contributed by atoms with Gasteiger partial charge < -0.3 is 15.3 Å². The summed E-state index contributed by atoms with van der Waals surface area (Å²) in [5.41, 5.74) is 0. The van der Waals surface area contributed by atoms with Gasteiger partial charge in [-0.25, -0.2) is 4.79 Å². The van der Waals surface area contributed by atoms with Crippen LogP contribution in [0.1, 0.15) is 51.9 Å². The molecule has 3 aliphatic rings. The van der Waals surface area contributed by atoms with E-state index >= 15 is 0 Å². The highest BCUT2D eigenvalue weighted by molar-refractivity contribution is 5.76. The topological polar surface area (TPSA) is 69.6 Å². The van der Waals surface area contributed by atoms with E-state index in [4.69, 9.17) is 5.11 Å². The number of urea groups is 1. The summed E-state index contributed by atoms with van der Waals surface area (Å²) in [5, 5.41) is 12.0. The van der Waals surface area contributed by atoms with Gasteiger partial charge in [0.05, 0.1) is 6.42 Å². The zero-order chi connectivity index (χ0) is 15.0. The zero-order valence-corrected chi connectivity index (χ0v) is 12.8. The van der Waals surface area contributed by atoms with Gasteiger partial charge in [0, 0.05) is 18.6 Å². The number of rotatable bonds is 6. The summed E-state index contributed by atoms with van der Waals surface area (Å²) in [7, 11) is 0. The van der Waals surface area contributed by atoms with E-state index in [2.05, 4.69) is 12.2 Å². The molecule has 2 bridgehead atoms. The highest BCUT2D eigenvalue weighted by atomic mass is 16.4. The van der Waals surface area contributed by atoms with E-state index in [0.29, 0.717) is 12.5 Å². The van der Waals surface area contributed by atoms with Crippen LogP contribution in [0.4, 0.5) is 4.79 Å². The summed E-state index contributed by atoms with van der Waals surface area (Å²) < 4.78 is 0. The van der Waals surface area contributed by atoms with E-state index in [1.54, 1.807) is 4.90 Å². The highest BCUT2D eigenvalue weighted by Gasteiger charge is 2.43. The number of carboxylic acid groups (broad SMARTS) is 1. The third-order valence-corrected chi connectivity index (χ3v) is 5.60. The Hall–Kier alpha value is -1.26. The summed E-state index contributed by atoms with van der Waals surface area (Å²) in [4.78, 5) is 24.9. The number of hydrogen-bond acceptors (Lipinski definition) is 2. The quantitative estimate of drug-likeness (QED) is 0.790. The van der Waals surface area contributed by atoms with Gasteiger partial charge in [-0.2, -0.15) is 0 Å². The molecule has 0 heterocycles. The summed E-state index contributed by atoms with van der Waals surface area (Å²) in [6.45, 7) is 2.45. The van der Waals surface area contributed by atoms with Crippen LogP contribution < -0.4 is 5.32 Å². The Morgan fingerprint density at radius 3 is 2.52 bits per heavy atom. The molecular weight excluding hydrogens is 268 g/mol.